The molecule has 1 rings (SSSR count). The average Bonchev–Trinajstić information content (AvgIpc) is 2.05. The second-order valence-corrected chi connectivity index (χ2v) is 3.31. The van der Waals surface area contributed by atoms with E-state index in [0.717, 1.165) is 5.56 Å². The molecule has 0 saturated carbocycles. The maximum Gasteiger partial charge on any atom is 0.0353 e. The Labute approximate surface area is 74.2 Å². The first-order valence-electron chi connectivity index (χ1n) is 3.49. The third kappa shape index (κ3) is 2.60. The highest BCUT2D eigenvalue weighted by molar-refractivity contribution is 7.79. The van der Waals surface area contributed by atoms with Gasteiger partial charge in [0.1, 0.15) is 0 Å². The summed E-state index contributed by atoms with van der Waals surface area (Å²) in [6, 6.07) is 9.28. The summed E-state index contributed by atoms with van der Waals surface area (Å²) in [5.74, 6) is 0.00398. The van der Waals surface area contributed by atoms with E-state index < -0.39 is 11.1 Å². The fourth-order valence-electron chi connectivity index (χ4n) is 0.899. The van der Waals surface area contributed by atoms with Gasteiger partial charge in [-0.1, -0.05) is 48.0 Å². The van der Waals surface area contributed by atoms with Crippen molar-refractivity contribution in [2.75, 3.05) is 5.75 Å². The van der Waals surface area contributed by atoms with Gasteiger partial charge in [0.05, 0.1) is 0 Å². The van der Waals surface area contributed by atoms with E-state index in [4.69, 9.17) is 0 Å². The monoisotopic (exact) mass is 181 g/mol. The molecular weight excluding hydrogens is 172 g/mol. The zero-order chi connectivity index (χ0) is 8.97. The second kappa shape index (κ2) is 4.18. The van der Waals surface area contributed by atoms with Gasteiger partial charge in [-0.25, -0.2) is 0 Å². The number of benzene rings is 1. The van der Waals surface area contributed by atoms with Crippen molar-refractivity contribution in [1.29, 1.82) is 0 Å². The molecule has 1 aromatic rings. The second-order valence-electron chi connectivity index (χ2n) is 2.42. The van der Waals surface area contributed by atoms with Crippen molar-refractivity contribution in [2.24, 2.45) is 0 Å². The van der Waals surface area contributed by atoms with E-state index in [2.05, 4.69) is 6.58 Å². The third-order valence-electron chi connectivity index (χ3n) is 1.47. The molecule has 12 heavy (non-hydrogen) atoms. The summed E-state index contributed by atoms with van der Waals surface area (Å²) in [6.45, 7) is 3.67. The number of hydrogen-bond donors (Lipinski definition) is 0. The van der Waals surface area contributed by atoms with Crippen molar-refractivity contribution in [3.05, 3.63) is 42.5 Å². The van der Waals surface area contributed by atoms with Crippen LogP contribution in [0.15, 0.2) is 36.9 Å². The van der Waals surface area contributed by atoms with Crippen molar-refractivity contribution in [3.63, 3.8) is 0 Å². The van der Waals surface area contributed by atoms with E-state index in [1.807, 2.05) is 30.3 Å². The molecule has 1 unspecified atom stereocenters. The summed E-state index contributed by atoms with van der Waals surface area (Å²) in [5, 5.41) is 0. The predicted octanol–water partition coefficient (Wildman–Crippen LogP) is 1.58. The minimum atomic E-state index is -2.05. The topological polar surface area (TPSA) is 40.1 Å². The first kappa shape index (κ1) is 9.16. The van der Waals surface area contributed by atoms with Crippen molar-refractivity contribution < 1.29 is 8.76 Å². The predicted molar refractivity (Wildman–Crippen MR) is 49.3 cm³/mol. The molecule has 1 atom stereocenters. The fraction of sp³-hybridized carbons (Fsp3) is 0.111. The Morgan fingerprint density at radius 2 is 2.00 bits per heavy atom. The Kier molecular flexibility index (Phi) is 3.19. The lowest BCUT2D eigenvalue weighted by atomic mass is 10.1. The van der Waals surface area contributed by atoms with Crippen LogP contribution in [0, 0.1) is 0 Å². The smallest absolute Gasteiger partial charge is 0.0353 e. The van der Waals surface area contributed by atoms with Gasteiger partial charge in [-0.2, -0.15) is 0 Å². The molecule has 64 valence electrons. The Morgan fingerprint density at radius 1 is 1.42 bits per heavy atom. The fourth-order valence-corrected chi connectivity index (χ4v) is 1.35. The molecule has 0 bridgehead atoms. The van der Waals surface area contributed by atoms with Gasteiger partial charge in [-0.3, -0.25) is 4.21 Å². The summed E-state index contributed by atoms with van der Waals surface area (Å²) in [7, 11) is 0. The van der Waals surface area contributed by atoms with Crippen LogP contribution in [0.2, 0.25) is 0 Å². The molecule has 3 heteroatoms. The van der Waals surface area contributed by atoms with Gasteiger partial charge in [0.15, 0.2) is 0 Å². The van der Waals surface area contributed by atoms with E-state index in [0.29, 0.717) is 5.57 Å². The van der Waals surface area contributed by atoms with Gasteiger partial charge >= 0.3 is 0 Å². The minimum Gasteiger partial charge on any atom is -0.772 e. The maximum atomic E-state index is 10.3. The Bertz CT molecular complexity index is 293. The molecule has 1 aromatic carbocycles. The average molecular weight is 181 g/mol. The minimum absolute atomic E-state index is 0.00398. The standard InChI is InChI=1S/C9H10O2S/c1-8(7-12(10)11)9-5-3-2-4-6-9/h2-6H,1,7H2,(H,10,11)/p-1. The van der Waals surface area contributed by atoms with E-state index in [1.54, 1.807) is 0 Å². The van der Waals surface area contributed by atoms with Gasteiger partial charge in [0.2, 0.25) is 0 Å². The molecule has 0 spiro atoms. The van der Waals surface area contributed by atoms with E-state index in [1.165, 1.54) is 0 Å². The molecule has 0 aliphatic carbocycles. The van der Waals surface area contributed by atoms with Crippen LogP contribution in [-0.4, -0.2) is 14.5 Å². The first-order chi connectivity index (χ1) is 5.70. The van der Waals surface area contributed by atoms with Gasteiger partial charge in [0.25, 0.3) is 0 Å². The van der Waals surface area contributed by atoms with Crippen LogP contribution in [-0.2, 0) is 11.1 Å². The molecule has 0 saturated heterocycles. The molecule has 0 fully saturated rings. The SMILES string of the molecule is C=C(CS(=O)[O-])c1ccccc1. The Morgan fingerprint density at radius 3 is 2.50 bits per heavy atom. The lowest BCUT2D eigenvalue weighted by Gasteiger charge is -2.07. The highest BCUT2D eigenvalue weighted by atomic mass is 32.2. The molecule has 0 aromatic heterocycles. The quantitative estimate of drug-likeness (QED) is 0.664. The van der Waals surface area contributed by atoms with Gasteiger partial charge in [0, 0.05) is 5.75 Å². The van der Waals surface area contributed by atoms with Gasteiger partial charge < -0.3 is 4.55 Å². The molecule has 0 heterocycles. The van der Waals surface area contributed by atoms with E-state index in [-0.39, 0.29) is 5.75 Å². The first-order valence-corrected chi connectivity index (χ1v) is 4.73. The van der Waals surface area contributed by atoms with Crippen molar-refractivity contribution in [1.82, 2.24) is 0 Å². The molecule has 0 N–H and O–H groups in total. The van der Waals surface area contributed by atoms with Crippen LogP contribution in [0.4, 0.5) is 0 Å². The summed E-state index contributed by atoms with van der Waals surface area (Å²) in [4.78, 5) is 0. The molecular formula is C9H9O2S-. The number of rotatable bonds is 3. The molecule has 0 amide bonds. The van der Waals surface area contributed by atoms with Crippen LogP contribution in [0.25, 0.3) is 5.57 Å². The van der Waals surface area contributed by atoms with Gasteiger partial charge in [-0.15, -0.1) is 0 Å². The number of hydrogen-bond acceptors (Lipinski definition) is 2. The van der Waals surface area contributed by atoms with Crippen LogP contribution < -0.4 is 0 Å². The van der Waals surface area contributed by atoms with E-state index in [9.17, 15) is 8.76 Å². The summed E-state index contributed by atoms with van der Waals surface area (Å²) < 4.78 is 20.6. The van der Waals surface area contributed by atoms with E-state index >= 15 is 0 Å². The maximum absolute atomic E-state index is 10.3. The van der Waals surface area contributed by atoms with Crippen LogP contribution in [0.1, 0.15) is 5.56 Å². The van der Waals surface area contributed by atoms with Crippen molar-refractivity contribution in [3.8, 4) is 0 Å². The normalized spacial score (nSPS) is 12.4. The molecule has 0 aliphatic heterocycles. The summed E-state index contributed by atoms with van der Waals surface area (Å²) in [5.41, 5.74) is 1.51. The van der Waals surface area contributed by atoms with Gasteiger partial charge in [-0.05, 0) is 11.1 Å². The van der Waals surface area contributed by atoms with Crippen LogP contribution >= 0.6 is 0 Å². The van der Waals surface area contributed by atoms with Crippen LogP contribution in [0.3, 0.4) is 0 Å². The summed E-state index contributed by atoms with van der Waals surface area (Å²) in [6.07, 6.45) is 0. The lowest BCUT2D eigenvalue weighted by Crippen LogP contribution is -1.97. The molecule has 0 aliphatic rings. The largest absolute Gasteiger partial charge is 0.772 e. The zero-order valence-corrected chi connectivity index (χ0v) is 7.34. The highest BCUT2D eigenvalue weighted by Crippen LogP contribution is 2.11. The van der Waals surface area contributed by atoms with Crippen molar-refractivity contribution >= 4 is 16.7 Å². The highest BCUT2D eigenvalue weighted by Gasteiger charge is 1.96. The lowest BCUT2D eigenvalue weighted by molar-refractivity contribution is 0.540. The molecule has 0 radical (unpaired) electrons. The zero-order valence-electron chi connectivity index (χ0n) is 6.53. The molecule has 2 nitrogen and oxygen atoms in total. The van der Waals surface area contributed by atoms with Crippen LogP contribution in [0.5, 0.6) is 0 Å². The Hall–Kier alpha value is -0.930. The van der Waals surface area contributed by atoms with Crippen molar-refractivity contribution in [2.45, 2.75) is 0 Å². The Balaban J connectivity index is 2.73. The third-order valence-corrected chi connectivity index (χ3v) is 2.06. The summed E-state index contributed by atoms with van der Waals surface area (Å²) >= 11 is -2.05.